The van der Waals surface area contributed by atoms with Gasteiger partial charge in [-0.2, -0.15) is 23.5 Å². The summed E-state index contributed by atoms with van der Waals surface area (Å²) < 4.78 is 44.2. The predicted molar refractivity (Wildman–Crippen MR) is 71.3 cm³/mol. The lowest BCUT2D eigenvalue weighted by Gasteiger charge is -2.01. The van der Waals surface area contributed by atoms with Crippen LogP contribution in [-0.2, 0) is 13.2 Å². The van der Waals surface area contributed by atoms with Gasteiger partial charge in [-0.25, -0.2) is 4.68 Å². The molecule has 0 radical (unpaired) electrons. The van der Waals surface area contributed by atoms with E-state index in [9.17, 15) is 13.2 Å². The third-order valence-corrected chi connectivity index (χ3v) is 3.07. The molecule has 2 aromatic heterocycles. The second kappa shape index (κ2) is 4.80. The Morgan fingerprint density at radius 2 is 2.05 bits per heavy atom. The summed E-state index contributed by atoms with van der Waals surface area (Å²) in [6, 6.07) is 9.47. The number of halogens is 3. The first-order valence-corrected chi connectivity index (χ1v) is 6.19. The zero-order valence-corrected chi connectivity index (χ0v) is 11.3. The third-order valence-electron chi connectivity index (χ3n) is 3.07. The first kappa shape index (κ1) is 14.0. The number of aromatic nitrogens is 3. The largest absolute Gasteiger partial charge is 0.435 e. The molecule has 0 aliphatic carbocycles. The summed E-state index contributed by atoms with van der Waals surface area (Å²) in [6.45, 7) is 0. The molecule has 112 valence electrons. The van der Waals surface area contributed by atoms with Gasteiger partial charge in [0.15, 0.2) is 5.69 Å². The molecule has 0 aliphatic rings. The van der Waals surface area contributed by atoms with E-state index >= 15 is 0 Å². The molecule has 2 heterocycles. The lowest BCUT2D eigenvalue weighted by atomic mass is 10.2. The van der Waals surface area contributed by atoms with E-state index in [0.717, 1.165) is 16.1 Å². The van der Waals surface area contributed by atoms with Crippen molar-refractivity contribution in [3.63, 3.8) is 0 Å². The quantitative estimate of drug-likeness (QED) is 0.787. The number of hydrogen-bond acceptors (Lipinski definition) is 3. The number of nitrogens with one attached hydrogen (secondary N) is 1. The van der Waals surface area contributed by atoms with Crippen LogP contribution in [0.1, 0.15) is 11.3 Å². The van der Waals surface area contributed by atoms with E-state index in [0.29, 0.717) is 11.1 Å². The number of nitriles is 1. The van der Waals surface area contributed by atoms with Crippen molar-refractivity contribution in [2.75, 3.05) is 0 Å². The fourth-order valence-corrected chi connectivity index (χ4v) is 2.02. The van der Waals surface area contributed by atoms with Crippen LogP contribution < -0.4 is 4.74 Å². The van der Waals surface area contributed by atoms with Crippen LogP contribution in [-0.4, -0.2) is 14.8 Å². The minimum atomic E-state index is -4.53. The Kier molecular flexibility index (Phi) is 3.06. The summed E-state index contributed by atoms with van der Waals surface area (Å²) in [6.07, 6.45) is -4.53. The van der Waals surface area contributed by atoms with Crippen LogP contribution in [0, 0.1) is 11.3 Å². The van der Waals surface area contributed by atoms with Crippen molar-refractivity contribution in [1.29, 1.82) is 5.26 Å². The summed E-state index contributed by atoms with van der Waals surface area (Å²) in [4.78, 5) is 2.90. The molecular formula is C14H9F3N4O. The number of aryl methyl sites for hydroxylation is 1. The zero-order chi connectivity index (χ0) is 15.9. The van der Waals surface area contributed by atoms with E-state index in [4.69, 9.17) is 10.00 Å². The summed E-state index contributed by atoms with van der Waals surface area (Å²) in [5.41, 5.74) is 0.112. The van der Waals surface area contributed by atoms with E-state index < -0.39 is 11.9 Å². The maximum Gasteiger partial charge on any atom is 0.435 e. The number of hydrogen-bond donors (Lipinski definition) is 1. The van der Waals surface area contributed by atoms with Crippen molar-refractivity contribution in [3.05, 3.63) is 41.6 Å². The van der Waals surface area contributed by atoms with E-state index in [1.54, 1.807) is 24.3 Å². The molecule has 0 bridgehead atoms. The molecular weight excluding hydrogens is 297 g/mol. The van der Waals surface area contributed by atoms with E-state index in [1.807, 2.05) is 6.07 Å². The van der Waals surface area contributed by atoms with Crippen molar-refractivity contribution in [2.24, 2.45) is 7.05 Å². The molecule has 0 fully saturated rings. The maximum absolute atomic E-state index is 12.6. The van der Waals surface area contributed by atoms with Crippen molar-refractivity contribution in [3.8, 4) is 17.8 Å². The van der Waals surface area contributed by atoms with Crippen molar-refractivity contribution >= 4 is 10.9 Å². The van der Waals surface area contributed by atoms with Crippen LogP contribution in [0.4, 0.5) is 13.2 Å². The molecule has 8 heteroatoms. The summed E-state index contributed by atoms with van der Waals surface area (Å²) in [5.74, 6) is 0.223. The highest BCUT2D eigenvalue weighted by molar-refractivity contribution is 5.82. The van der Waals surface area contributed by atoms with Crippen molar-refractivity contribution in [2.45, 2.75) is 6.18 Å². The molecule has 1 aromatic carbocycles. The molecule has 1 N–H and O–H groups in total. The van der Waals surface area contributed by atoms with E-state index in [1.165, 1.54) is 7.05 Å². The average molecular weight is 306 g/mol. The van der Waals surface area contributed by atoms with Crippen LogP contribution in [0.15, 0.2) is 30.3 Å². The van der Waals surface area contributed by atoms with Gasteiger partial charge < -0.3 is 9.72 Å². The lowest BCUT2D eigenvalue weighted by Crippen LogP contribution is -2.06. The smallest absolute Gasteiger partial charge is 0.423 e. The minimum Gasteiger partial charge on any atom is -0.423 e. The Morgan fingerprint density at radius 3 is 2.68 bits per heavy atom. The molecule has 3 rings (SSSR count). The second-order valence-corrected chi connectivity index (χ2v) is 4.64. The number of ether oxygens (including phenoxy) is 1. The second-order valence-electron chi connectivity index (χ2n) is 4.64. The Morgan fingerprint density at radius 1 is 1.27 bits per heavy atom. The van der Waals surface area contributed by atoms with Gasteiger partial charge in [0.25, 0.3) is 0 Å². The summed E-state index contributed by atoms with van der Waals surface area (Å²) in [5, 5.41) is 13.0. The maximum atomic E-state index is 12.6. The molecule has 0 saturated carbocycles. The highest BCUT2D eigenvalue weighted by atomic mass is 19.4. The molecule has 0 spiro atoms. The van der Waals surface area contributed by atoms with Gasteiger partial charge in [-0.1, -0.05) is 6.07 Å². The SMILES string of the molecule is Cn1nc(C(F)(F)F)cc1Oc1cc2ccc(C#N)cc2[nH]1. The summed E-state index contributed by atoms with van der Waals surface area (Å²) in [7, 11) is 1.36. The van der Waals surface area contributed by atoms with Gasteiger partial charge in [0, 0.05) is 30.1 Å². The van der Waals surface area contributed by atoms with Crippen LogP contribution in [0.2, 0.25) is 0 Å². The number of benzene rings is 1. The molecule has 0 amide bonds. The number of H-pyrrole nitrogens is 1. The highest BCUT2D eigenvalue weighted by Crippen LogP contribution is 2.32. The number of rotatable bonds is 2. The number of nitrogens with zero attached hydrogens (tertiary/aromatic N) is 3. The van der Waals surface area contributed by atoms with Crippen LogP contribution in [0.25, 0.3) is 10.9 Å². The van der Waals surface area contributed by atoms with Gasteiger partial charge in [-0.05, 0) is 12.1 Å². The molecule has 0 saturated heterocycles. The number of aromatic amines is 1. The first-order valence-electron chi connectivity index (χ1n) is 6.19. The topological polar surface area (TPSA) is 66.6 Å². The number of fused-ring (bicyclic) bond motifs is 1. The Balaban J connectivity index is 1.93. The van der Waals surface area contributed by atoms with Gasteiger partial charge >= 0.3 is 6.18 Å². The van der Waals surface area contributed by atoms with Gasteiger partial charge in [-0.15, -0.1) is 0 Å². The Hall–Kier alpha value is -2.95. The Labute approximate surface area is 122 Å². The van der Waals surface area contributed by atoms with Crippen LogP contribution in [0.3, 0.4) is 0 Å². The first-order chi connectivity index (χ1) is 10.4. The normalized spacial score (nSPS) is 11.6. The minimum absolute atomic E-state index is 0.0422. The van der Waals surface area contributed by atoms with Crippen LogP contribution in [0.5, 0.6) is 11.8 Å². The average Bonchev–Trinajstić information content (AvgIpc) is 3.01. The molecule has 3 aromatic rings. The predicted octanol–water partition coefficient (Wildman–Crippen LogP) is 3.58. The third kappa shape index (κ3) is 2.48. The lowest BCUT2D eigenvalue weighted by molar-refractivity contribution is -0.141. The van der Waals surface area contributed by atoms with Crippen molar-refractivity contribution < 1.29 is 17.9 Å². The van der Waals surface area contributed by atoms with Crippen LogP contribution >= 0.6 is 0 Å². The monoisotopic (exact) mass is 306 g/mol. The van der Waals surface area contributed by atoms with Gasteiger partial charge in [-0.3, -0.25) is 0 Å². The van der Waals surface area contributed by atoms with Gasteiger partial charge in [0.1, 0.15) is 0 Å². The fraction of sp³-hybridized carbons (Fsp3) is 0.143. The molecule has 22 heavy (non-hydrogen) atoms. The summed E-state index contributed by atoms with van der Waals surface area (Å²) >= 11 is 0. The van der Waals surface area contributed by atoms with Crippen molar-refractivity contribution in [1.82, 2.24) is 14.8 Å². The highest BCUT2D eigenvalue weighted by Gasteiger charge is 2.35. The standard InChI is InChI=1S/C14H9F3N4O/c1-21-13(6-11(20-21)14(15,16)17)22-12-5-9-3-2-8(7-18)4-10(9)19-12/h2-6,19H,1H3. The van der Waals surface area contributed by atoms with E-state index in [-0.39, 0.29) is 11.8 Å². The molecule has 0 unspecified atom stereocenters. The number of alkyl halides is 3. The van der Waals surface area contributed by atoms with E-state index in [2.05, 4.69) is 10.1 Å². The van der Waals surface area contributed by atoms with Gasteiger partial charge in [0.05, 0.1) is 11.6 Å². The Bertz CT molecular complexity index is 886. The molecule has 0 atom stereocenters. The zero-order valence-electron chi connectivity index (χ0n) is 11.3. The fourth-order valence-electron chi connectivity index (χ4n) is 2.02. The molecule has 5 nitrogen and oxygen atoms in total. The molecule has 0 aliphatic heterocycles. The van der Waals surface area contributed by atoms with Gasteiger partial charge in [0.2, 0.25) is 11.8 Å².